The average molecular weight is 362 g/mol. The SMILES string of the molecule is CCOC(=O)c1sc2ncnc(Nc3cccc(Cl)c3C)c2c1C. The van der Waals surface area contributed by atoms with E-state index in [0.29, 0.717) is 22.3 Å². The highest BCUT2D eigenvalue weighted by molar-refractivity contribution is 7.20. The standard InChI is InChI=1S/C17H16ClN3O2S/c1-4-23-17(22)14-10(3)13-15(19-8-20-16(13)24-14)21-12-7-5-6-11(18)9(12)2/h5-8H,4H2,1-3H3,(H,19,20,21). The fraction of sp³-hybridized carbons (Fsp3) is 0.235. The maximum atomic E-state index is 12.1. The van der Waals surface area contributed by atoms with E-state index >= 15 is 0 Å². The van der Waals surface area contributed by atoms with Gasteiger partial charge in [0.1, 0.15) is 21.9 Å². The number of ether oxygens (including phenoxy) is 1. The van der Waals surface area contributed by atoms with E-state index in [1.807, 2.05) is 32.0 Å². The fourth-order valence-electron chi connectivity index (χ4n) is 2.43. The summed E-state index contributed by atoms with van der Waals surface area (Å²) in [6.45, 7) is 5.94. The largest absolute Gasteiger partial charge is 0.462 e. The molecule has 0 unspecified atom stereocenters. The van der Waals surface area contributed by atoms with Crippen LogP contribution in [0.1, 0.15) is 27.7 Å². The lowest BCUT2D eigenvalue weighted by Gasteiger charge is -2.11. The summed E-state index contributed by atoms with van der Waals surface area (Å²) in [5.41, 5.74) is 2.62. The highest BCUT2D eigenvalue weighted by Crippen LogP contribution is 2.35. The van der Waals surface area contributed by atoms with Crippen molar-refractivity contribution in [3.8, 4) is 0 Å². The molecule has 1 N–H and O–H groups in total. The Kier molecular flexibility index (Phi) is 4.69. The zero-order valence-corrected chi connectivity index (χ0v) is 15.1. The monoisotopic (exact) mass is 361 g/mol. The second kappa shape index (κ2) is 6.75. The van der Waals surface area contributed by atoms with Crippen molar-refractivity contribution >= 4 is 50.6 Å². The molecule has 0 spiro atoms. The van der Waals surface area contributed by atoms with Crippen LogP contribution in [0, 0.1) is 13.8 Å². The Morgan fingerprint density at radius 3 is 2.83 bits per heavy atom. The molecule has 0 aliphatic heterocycles. The van der Waals surface area contributed by atoms with Crippen LogP contribution in [0.4, 0.5) is 11.5 Å². The third-order valence-electron chi connectivity index (χ3n) is 3.71. The van der Waals surface area contributed by atoms with Gasteiger partial charge in [-0.1, -0.05) is 17.7 Å². The van der Waals surface area contributed by atoms with Gasteiger partial charge in [0.2, 0.25) is 0 Å². The molecule has 2 heterocycles. The number of nitrogens with zero attached hydrogens (tertiary/aromatic N) is 2. The minimum absolute atomic E-state index is 0.331. The molecular weight excluding hydrogens is 346 g/mol. The average Bonchev–Trinajstić information content (AvgIpc) is 2.90. The fourth-order valence-corrected chi connectivity index (χ4v) is 3.65. The molecule has 124 valence electrons. The second-order valence-electron chi connectivity index (χ2n) is 5.22. The number of anilines is 2. The number of halogens is 1. The molecule has 0 atom stereocenters. The first-order chi connectivity index (χ1) is 11.5. The van der Waals surface area contributed by atoms with Gasteiger partial charge in [-0.05, 0) is 44.0 Å². The van der Waals surface area contributed by atoms with E-state index in [9.17, 15) is 4.79 Å². The predicted molar refractivity (Wildman–Crippen MR) is 97.6 cm³/mol. The second-order valence-corrected chi connectivity index (χ2v) is 6.62. The van der Waals surface area contributed by atoms with Gasteiger partial charge in [0, 0.05) is 10.7 Å². The zero-order valence-electron chi connectivity index (χ0n) is 13.5. The maximum absolute atomic E-state index is 12.1. The van der Waals surface area contributed by atoms with Crippen molar-refractivity contribution in [1.82, 2.24) is 9.97 Å². The molecule has 0 radical (unpaired) electrons. The van der Waals surface area contributed by atoms with Crippen molar-refractivity contribution in [3.63, 3.8) is 0 Å². The van der Waals surface area contributed by atoms with Crippen LogP contribution in [0.2, 0.25) is 5.02 Å². The minimum atomic E-state index is -0.331. The van der Waals surface area contributed by atoms with Crippen LogP contribution in [-0.4, -0.2) is 22.5 Å². The van der Waals surface area contributed by atoms with Gasteiger partial charge in [-0.2, -0.15) is 0 Å². The van der Waals surface area contributed by atoms with Gasteiger partial charge in [-0.15, -0.1) is 11.3 Å². The molecule has 0 saturated heterocycles. The van der Waals surface area contributed by atoms with Gasteiger partial charge in [-0.25, -0.2) is 14.8 Å². The molecule has 1 aromatic carbocycles. The summed E-state index contributed by atoms with van der Waals surface area (Å²) in [4.78, 5) is 22.0. The van der Waals surface area contributed by atoms with Crippen LogP contribution < -0.4 is 5.32 Å². The summed E-state index contributed by atoms with van der Waals surface area (Å²) in [5.74, 6) is 0.317. The first-order valence-corrected chi connectivity index (χ1v) is 8.65. The van der Waals surface area contributed by atoms with Crippen LogP contribution in [0.3, 0.4) is 0 Å². The number of esters is 1. The molecule has 0 saturated carbocycles. The minimum Gasteiger partial charge on any atom is -0.462 e. The molecule has 7 heteroatoms. The maximum Gasteiger partial charge on any atom is 0.348 e. The lowest BCUT2D eigenvalue weighted by atomic mass is 10.1. The Morgan fingerprint density at radius 1 is 1.29 bits per heavy atom. The van der Waals surface area contributed by atoms with E-state index < -0.39 is 0 Å². The van der Waals surface area contributed by atoms with E-state index in [-0.39, 0.29) is 5.97 Å². The molecule has 0 bridgehead atoms. The van der Waals surface area contributed by atoms with Crippen molar-refractivity contribution < 1.29 is 9.53 Å². The Hall–Kier alpha value is -2.18. The van der Waals surface area contributed by atoms with Gasteiger partial charge < -0.3 is 10.1 Å². The van der Waals surface area contributed by atoms with E-state index in [1.165, 1.54) is 17.7 Å². The summed E-state index contributed by atoms with van der Waals surface area (Å²) in [6, 6.07) is 5.65. The molecule has 0 aliphatic rings. The Labute approximate surface area is 148 Å². The van der Waals surface area contributed by atoms with Crippen molar-refractivity contribution in [2.75, 3.05) is 11.9 Å². The number of benzene rings is 1. The van der Waals surface area contributed by atoms with E-state index in [4.69, 9.17) is 16.3 Å². The summed E-state index contributed by atoms with van der Waals surface area (Å²) < 4.78 is 5.12. The molecule has 24 heavy (non-hydrogen) atoms. The number of fused-ring (bicyclic) bond motifs is 1. The van der Waals surface area contributed by atoms with Crippen LogP contribution in [-0.2, 0) is 4.74 Å². The number of aromatic nitrogens is 2. The van der Waals surface area contributed by atoms with Crippen molar-refractivity contribution in [1.29, 1.82) is 0 Å². The lowest BCUT2D eigenvalue weighted by Crippen LogP contribution is -2.03. The summed E-state index contributed by atoms with van der Waals surface area (Å²) in [5, 5.41) is 4.80. The van der Waals surface area contributed by atoms with Gasteiger partial charge in [0.15, 0.2) is 0 Å². The summed E-state index contributed by atoms with van der Waals surface area (Å²) in [7, 11) is 0. The van der Waals surface area contributed by atoms with Gasteiger partial charge >= 0.3 is 5.97 Å². The Morgan fingerprint density at radius 2 is 2.08 bits per heavy atom. The number of thiophene rings is 1. The molecule has 0 fully saturated rings. The van der Waals surface area contributed by atoms with E-state index in [0.717, 1.165) is 27.0 Å². The number of hydrogen-bond acceptors (Lipinski definition) is 6. The Bertz CT molecular complexity index is 924. The van der Waals surface area contributed by atoms with Crippen molar-refractivity contribution in [2.24, 2.45) is 0 Å². The highest BCUT2D eigenvalue weighted by atomic mass is 35.5. The van der Waals surface area contributed by atoms with Crippen LogP contribution >= 0.6 is 22.9 Å². The number of carbonyl (C=O) groups excluding carboxylic acids is 1. The van der Waals surface area contributed by atoms with Gasteiger partial charge in [0.05, 0.1) is 12.0 Å². The number of carbonyl (C=O) groups is 1. The molecule has 3 rings (SSSR count). The van der Waals surface area contributed by atoms with Crippen molar-refractivity contribution in [2.45, 2.75) is 20.8 Å². The van der Waals surface area contributed by atoms with Gasteiger partial charge in [-0.3, -0.25) is 0 Å². The first kappa shape index (κ1) is 16.7. The van der Waals surface area contributed by atoms with E-state index in [2.05, 4.69) is 15.3 Å². The predicted octanol–water partition coefficient (Wildman–Crippen LogP) is 4.88. The van der Waals surface area contributed by atoms with E-state index in [1.54, 1.807) is 6.92 Å². The third-order valence-corrected chi connectivity index (χ3v) is 5.30. The third kappa shape index (κ3) is 2.95. The molecular formula is C17H16ClN3O2S. The van der Waals surface area contributed by atoms with Crippen LogP contribution in [0.25, 0.3) is 10.2 Å². The molecule has 0 aliphatic carbocycles. The molecule has 2 aromatic heterocycles. The molecule has 3 aromatic rings. The summed E-state index contributed by atoms with van der Waals surface area (Å²) >= 11 is 7.49. The highest BCUT2D eigenvalue weighted by Gasteiger charge is 2.20. The van der Waals surface area contributed by atoms with Crippen LogP contribution in [0.15, 0.2) is 24.5 Å². The Balaban J connectivity index is 2.09. The first-order valence-electron chi connectivity index (χ1n) is 7.46. The van der Waals surface area contributed by atoms with Gasteiger partial charge in [0.25, 0.3) is 0 Å². The number of aryl methyl sites for hydroxylation is 1. The van der Waals surface area contributed by atoms with Crippen molar-refractivity contribution in [3.05, 3.63) is 45.6 Å². The quantitative estimate of drug-likeness (QED) is 0.671. The lowest BCUT2D eigenvalue weighted by molar-refractivity contribution is 0.0531. The molecule has 5 nitrogen and oxygen atoms in total. The number of nitrogens with one attached hydrogen (secondary N) is 1. The smallest absolute Gasteiger partial charge is 0.348 e. The summed E-state index contributed by atoms with van der Waals surface area (Å²) in [6.07, 6.45) is 1.48. The van der Waals surface area contributed by atoms with Crippen LogP contribution in [0.5, 0.6) is 0 Å². The zero-order chi connectivity index (χ0) is 17.3. The normalized spacial score (nSPS) is 10.8. The number of rotatable bonds is 4. The number of hydrogen-bond donors (Lipinski definition) is 1. The molecule has 0 amide bonds. The topological polar surface area (TPSA) is 64.1 Å².